The second-order valence-corrected chi connectivity index (χ2v) is 8.42. The van der Waals surface area contributed by atoms with Crippen LogP contribution in [0.15, 0.2) is 28.7 Å². The molecule has 1 fully saturated rings. The molecule has 3 rings (SSSR count). The number of ether oxygens (including phenoxy) is 1. The van der Waals surface area contributed by atoms with E-state index in [1.54, 1.807) is 13.2 Å². The smallest absolute Gasteiger partial charge is 0.203 e. The predicted molar refractivity (Wildman–Crippen MR) is 104 cm³/mol. The zero-order valence-electron chi connectivity index (χ0n) is 15.2. The SMILES string of the molecule is COc1ccc(-c2csc(N/N=C3/C[C@@H](C)CC(C)(C)C3)n2)c(O)c1. The fourth-order valence-corrected chi connectivity index (χ4v) is 4.28. The summed E-state index contributed by atoms with van der Waals surface area (Å²) in [7, 11) is 1.58. The van der Waals surface area contributed by atoms with Gasteiger partial charge < -0.3 is 9.84 Å². The Morgan fingerprint density at radius 2 is 2.20 bits per heavy atom. The average molecular weight is 359 g/mol. The van der Waals surface area contributed by atoms with Crippen LogP contribution in [0.5, 0.6) is 11.5 Å². The molecule has 0 bridgehead atoms. The lowest BCUT2D eigenvalue weighted by atomic mass is 9.72. The summed E-state index contributed by atoms with van der Waals surface area (Å²) in [5.74, 6) is 1.44. The number of rotatable bonds is 4. The van der Waals surface area contributed by atoms with Crippen LogP contribution < -0.4 is 10.2 Å². The first-order valence-electron chi connectivity index (χ1n) is 8.51. The fraction of sp³-hybridized carbons (Fsp3) is 0.474. The molecule has 5 nitrogen and oxygen atoms in total. The number of hydrogen-bond acceptors (Lipinski definition) is 6. The van der Waals surface area contributed by atoms with Gasteiger partial charge in [-0.2, -0.15) is 5.10 Å². The number of phenols is 1. The molecule has 134 valence electrons. The maximum Gasteiger partial charge on any atom is 0.203 e. The van der Waals surface area contributed by atoms with Gasteiger partial charge in [0.1, 0.15) is 11.5 Å². The first-order chi connectivity index (χ1) is 11.9. The first-order valence-corrected chi connectivity index (χ1v) is 9.38. The third kappa shape index (κ3) is 4.31. The highest BCUT2D eigenvalue weighted by Gasteiger charge is 2.29. The van der Waals surface area contributed by atoms with Crippen LogP contribution in [0.25, 0.3) is 11.3 Å². The normalized spacial score (nSPS) is 21.3. The Morgan fingerprint density at radius 1 is 1.40 bits per heavy atom. The van der Waals surface area contributed by atoms with E-state index in [1.165, 1.54) is 23.5 Å². The lowest BCUT2D eigenvalue weighted by Gasteiger charge is -2.34. The van der Waals surface area contributed by atoms with Crippen molar-refractivity contribution in [3.8, 4) is 22.8 Å². The van der Waals surface area contributed by atoms with Gasteiger partial charge in [0.2, 0.25) is 5.13 Å². The molecule has 2 aromatic rings. The molecule has 0 unspecified atom stereocenters. The van der Waals surface area contributed by atoms with Crippen molar-refractivity contribution in [2.75, 3.05) is 12.5 Å². The Labute approximate surface area is 152 Å². The van der Waals surface area contributed by atoms with Gasteiger partial charge in [-0.15, -0.1) is 11.3 Å². The number of nitrogens with zero attached hydrogens (tertiary/aromatic N) is 2. The number of nitrogens with one attached hydrogen (secondary N) is 1. The van der Waals surface area contributed by atoms with Crippen LogP contribution in [0.2, 0.25) is 0 Å². The minimum atomic E-state index is 0.158. The van der Waals surface area contributed by atoms with E-state index in [9.17, 15) is 5.11 Å². The minimum Gasteiger partial charge on any atom is -0.507 e. The summed E-state index contributed by atoms with van der Waals surface area (Å²) in [6, 6.07) is 5.21. The predicted octanol–water partition coefficient (Wildman–Crippen LogP) is 5.14. The van der Waals surface area contributed by atoms with Gasteiger partial charge in [0.25, 0.3) is 0 Å². The molecule has 0 saturated heterocycles. The van der Waals surface area contributed by atoms with Crippen LogP contribution in [-0.2, 0) is 0 Å². The zero-order valence-corrected chi connectivity index (χ0v) is 16.0. The molecule has 0 radical (unpaired) electrons. The van der Waals surface area contributed by atoms with Crippen molar-refractivity contribution in [3.63, 3.8) is 0 Å². The molecule has 0 amide bonds. The molecule has 6 heteroatoms. The van der Waals surface area contributed by atoms with E-state index in [1.807, 2.05) is 17.5 Å². The molecule has 1 aliphatic carbocycles. The number of benzene rings is 1. The number of aromatic nitrogens is 1. The quantitative estimate of drug-likeness (QED) is 0.742. The number of thiazole rings is 1. The molecular formula is C19H25N3O2S. The van der Waals surface area contributed by atoms with Crippen LogP contribution in [-0.4, -0.2) is 22.9 Å². The van der Waals surface area contributed by atoms with Crippen molar-refractivity contribution in [3.05, 3.63) is 23.6 Å². The highest BCUT2D eigenvalue weighted by Crippen LogP contribution is 2.37. The lowest BCUT2D eigenvalue weighted by molar-refractivity contribution is 0.266. The second kappa shape index (κ2) is 7.04. The molecule has 1 atom stereocenters. The summed E-state index contributed by atoms with van der Waals surface area (Å²) >= 11 is 1.48. The standard InChI is InChI=1S/C19H25N3O2S/c1-12-7-13(10-19(2,3)9-12)21-22-18-20-16(11-25-18)15-6-5-14(24-4)8-17(15)23/h5-6,8,11-12,23H,7,9-10H2,1-4H3,(H,20,22)/b21-13-/t12-/m1/s1. The minimum absolute atomic E-state index is 0.158. The Morgan fingerprint density at radius 3 is 2.88 bits per heavy atom. The maximum absolute atomic E-state index is 10.1. The molecule has 1 saturated carbocycles. The van der Waals surface area contributed by atoms with Gasteiger partial charge in [-0.25, -0.2) is 4.98 Å². The van der Waals surface area contributed by atoms with E-state index in [-0.39, 0.29) is 5.75 Å². The van der Waals surface area contributed by atoms with Crippen molar-refractivity contribution in [1.29, 1.82) is 0 Å². The Hall–Kier alpha value is -2.08. The largest absolute Gasteiger partial charge is 0.507 e. The van der Waals surface area contributed by atoms with Gasteiger partial charge in [0, 0.05) is 22.7 Å². The number of hydrogen-bond donors (Lipinski definition) is 2. The van der Waals surface area contributed by atoms with E-state index in [0.29, 0.717) is 22.6 Å². The van der Waals surface area contributed by atoms with Crippen LogP contribution in [0.1, 0.15) is 40.0 Å². The van der Waals surface area contributed by atoms with Gasteiger partial charge in [-0.05, 0) is 42.7 Å². The van der Waals surface area contributed by atoms with Crippen LogP contribution in [0.3, 0.4) is 0 Å². The summed E-state index contributed by atoms with van der Waals surface area (Å²) in [5.41, 5.74) is 6.01. The summed E-state index contributed by atoms with van der Waals surface area (Å²) < 4.78 is 5.11. The Balaban J connectivity index is 1.73. The topological polar surface area (TPSA) is 66.7 Å². The first kappa shape index (κ1) is 17.7. The third-order valence-corrected chi connectivity index (χ3v) is 5.21. The summed E-state index contributed by atoms with van der Waals surface area (Å²) in [6.45, 7) is 6.88. The molecule has 0 spiro atoms. The van der Waals surface area contributed by atoms with Crippen molar-refractivity contribution < 1.29 is 9.84 Å². The van der Waals surface area contributed by atoms with E-state index in [0.717, 1.165) is 23.7 Å². The van der Waals surface area contributed by atoms with E-state index >= 15 is 0 Å². The molecule has 0 aliphatic heterocycles. The molecule has 1 aromatic heterocycles. The van der Waals surface area contributed by atoms with E-state index < -0.39 is 0 Å². The molecule has 1 heterocycles. The molecule has 2 N–H and O–H groups in total. The van der Waals surface area contributed by atoms with Crippen LogP contribution >= 0.6 is 11.3 Å². The summed E-state index contributed by atoms with van der Waals surface area (Å²) in [5, 5.41) is 17.4. The summed E-state index contributed by atoms with van der Waals surface area (Å²) in [4.78, 5) is 4.54. The number of methoxy groups -OCH3 is 1. The average Bonchev–Trinajstić information content (AvgIpc) is 2.99. The van der Waals surface area contributed by atoms with Crippen molar-refractivity contribution in [1.82, 2.24) is 4.98 Å². The van der Waals surface area contributed by atoms with E-state index in [4.69, 9.17) is 4.74 Å². The summed E-state index contributed by atoms with van der Waals surface area (Å²) in [6.07, 6.45) is 3.29. The Bertz CT molecular complexity index is 783. The number of aromatic hydroxyl groups is 1. The fourth-order valence-electron chi connectivity index (χ4n) is 3.63. The van der Waals surface area contributed by atoms with Crippen molar-refractivity contribution in [2.45, 2.75) is 40.0 Å². The van der Waals surface area contributed by atoms with Crippen LogP contribution in [0, 0.1) is 11.3 Å². The van der Waals surface area contributed by atoms with Gasteiger partial charge >= 0.3 is 0 Å². The third-order valence-electron chi connectivity index (χ3n) is 4.46. The van der Waals surface area contributed by atoms with Gasteiger partial charge in [-0.1, -0.05) is 20.8 Å². The van der Waals surface area contributed by atoms with Gasteiger partial charge in [-0.3, -0.25) is 5.43 Å². The number of phenolic OH excluding ortho intramolecular Hbond substituents is 1. The van der Waals surface area contributed by atoms with Gasteiger partial charge in [0.15, 0.2) is 0 Å². The monoisotopic (exact) mass is 359 g/mol. The number of hydrazone groups is 1. The van der Waals surface area contributed by atoms with Crippen molar-refractivity contribution in [2.24, 2.45) is 16.4 Å². The molecular weight excluding hydrogens is 334 g/mol. The Kier molecular flexibility index (Phi) is 4.99. The number of anilines is 1. The highest BCUT2D eigenvalue weighted by molar-refractivity contribution is 7.14. The molecule has 1 aromatic carbocycles. The zero-order chi connectivity index (χ0) is 18.0. The van der Waals surface area contributed by atoms with E-state index in [2.05, 4.69) is 36.3 Å². The van der Waals surface area contributed by atoms with Crippen LogP contribution in [0.4, 0.5) is 5.13 Å². The maximum atomic E-state index is 10.1. The highest BCUT2D eigenvalue weighted by atomic mass is 32.1. The van der Waals surface area contributed by atoms with Crippen molar-refractivity contribution >= 4 is 22.2 Å². The molecule has 25 heavy (non-hydrogen) atoms. The second-order valence-electron chi connectivity index (χ2n) is 7.57. The lowest BCUT2D eigenvalue weighted by Crippen LogP contribution is -2.28. The van der Waals surface area contributed by atoms with Gasteiger partial charge in [0.05, 0.1) is 12.8 Å². The molecule has 1 aliphatic rings.